The monoisotopic (exact) mass is 221 g/mol. The molecule has 6 heteroatoms. The van der Waals surface area contributed by atoms with Gasteiger partial charge in [0.05, 0.1) is 6.42 Å². The van der Waals surface area contributed by atoms with E-state index in [0.29, 0.717) is 28.2 Å². The number of ether oxygens (including phenoxy) is 2. The van der Waals surface area contributed by atoms with Crippen LogP contribution in [-0.2, 0) is 11.2 Å². The lowest BCUT2D eigenvalue weighted by Crippen LogP contribution is -2.00. The minimum Gasteiger partial charge on any atom is -0.481 e. The van der Waals surface area contributed by atoms with Gasteiger partial charge in [-0.15, -0.1) is 0 Å². The lowest BCUT2D eigenvalue weighted by atomic mass is 10.1. The van der Waals surface area contributed by atoms with Crippen molar-refractivity contribution >= 4 is 16.9 Å². The van der Waals surface area contributed by atoms with Crippen molar-refractivity contribution in [3.8, 4) is 11.5 Å². The summed E-state index contributed by atoms with van der Waals surface area (Å²) in [6.45, 7) is 0.170. The summed E-state index contributed by atoms with van der Waals surface area (Å²) in [6, 6.07) is 3.34. The van der Waals surface area contributed by atoms with E-state index in [9.17, 15) is 4.79 Å². The predicted octanol–water partition coefficient (Wildman–Crippen LogP) is 1.18. The second kappa shape index (κ2) is 3.13. The van der Waals surface area contributed by atoms with Crippen molar-refractivity contribution < 1.29 is 23.9 Å². The zero-order valence-electron chi connectivity index (χ0n) is 8.10. The highest BCUT2D eigenvalue weighted by atomic mass is 16.7. The molecule has 0 saturated heterocycles. The molecule has 0 fully saturated rings. The number of aliphatic carboxylic acids is 1. The fraction of sp³-hybridized carbons (Fsp3) is 0.200. The van der Waals surface area contributed by atoms with Crippen LogP contribution >= 0.6 is 0 Å². The molecule has 0 unspecified atom stereocenters. The Labute approximate surface area is 89.4 Å². The molecule has 2 aromatic rings. The minimum atomic E-state index is -0.951. The second-order valence-corrected chi connectivity index (χ2v) is 3.40. The van der Waals surface area contributed by atoms with Gasteiger partial charge in [-0.3, -0.25) is 4.79 Å². The van der Waals surface area contributed by atoms with E-state index in [4.69, 9.17) is 19.1 Å². The van der Waals surface area contributed by atoms with E-state index in [-0.39, 0.29) is 13.2 Å². The number of rotatable bonds is 2. The first-order chi connectivity index (χ1) is 7.74. The third-order valence-electron chi connectivity index (χ3n) is 2.36. The lowest BCUT2D eigenvalue weighted by molar-refractivity contribution is -0.136. The van der Waals surface area contributed by atoms with Gasteiger partial charge in [0.15, 0.2) is 17.1 Å². The fourth-order valence-corrected chi connectivity index (χ4v) is 1.65. The Hall–Kier alpha value is -2.24. The molecular weight excluding hydrogens is 214 g/mol. The van der Waals surface area contributed by atoms with Crippen LogP contribution in [0.5, 0.6) is 11.5 Å². The first-order valence-electron chi connectivity index (χ1n) is 4.64. The summed E-state index contributed by atoms with van der Waals surface area (Å²) in [7, 11) is 0. The Morgan fingerprint density at radius 3 is 2.88 bits per heavy atom. The number of benzene rings is 1. The van der Waals surface area contributed by atoms with Gasteiger partial charge in [-0.2, -0.15) is 0 Å². The predicted molar refractivity (Wildman–Crippen MR) is 51.5 cm³/mol. The molecule has 0 amide bonds. The third-order valence-corrected chi connectivity index (χ3v) is 2.36. The molecule has 1 aromatic carbocycles. The van der Waals surface area contributed by atoms with Crippen LogP contribution in [0, 0.1) is 0 Å². The average Bonchev–Trinajstić information content (AvgIpc) is 2.81. The SMILES string of the molecule is O=C(O)Cc1noc2cc3c(cc12)OCO3. The topological polar surface area (TPSA) is 81.8 Å². The van der Waals surface area contributed by atoms with Crippen molar-refractivity contribution in [3.63, 3.8) is 0 Å². The maximum Gasteiger partial charge on any atom is 0.309 e. The number of carboxylic acid groups (broad SMARTS) is 1. The van der Waals surface area contributed by atoms with Crippen LogP contribution in [-0.4, -0.2) is 23.0 Å². The number of carboxylic acids is 1. The number of aromatic nitrogens is 1. The number of hydrogen-bond acceptors (Lipinski definition) is 5. The molecule has 1 aliphatic rings. The molecule has 6 nitrogen and oxygen atoms in total. The highest BCUT2D eigenvalue weighted by Crippen LogP contribution is 2.37. The normalized spacial score (nSPS) is 13.2. The molecular formula is C10H7NO5. The van der Waals surface area contributed by atoms with Gasteiger partial charge in [-0.05, 0) is 6.07 Å². The van der Waals surface area contributed by atoms with Gasteiger partial charge in [0.25, 0.3) is 0 Å². The van der Waals surface area contributed by atoms with Crippen LogP contribution < -0.4 is 9.47 Å². The highest BCUT2D eigenvalue weighted by Gasteiger charge is 2.19. The Balaban J connectivity index is 2.15. The Kier molecular flexibility index (Phi) is 1.76. The molecule has 1 aliphatic heterocycles. The maximum absolute atomic E-state index is 10.6. The van der Waals surface area contributed by atoms with Gasteiger partial charge in [-0.25, -0.2) is 0 Å². The molecule has 0 bridgehead atoms. The van der Waals surface area contributed by atoms with Crippen molar-refractivity contribution in [2.45, 2.75) is 6.42 Å². The first kappa shape index (κ1) is 9.02. The zero-order valence-corrected chi connectivity index (χ0v) is 8.10. The highest BCUT2D eigenvalue weighted by molar-refractivity contribution is 5.86. The van der Waals surface area contributed by atoms with E-state index >= 15 is 0 Å². The summed E-state index contributed by atoms with van der Waals surface area (Å²) in [6.07, 6.45) is -0.174. The number of carbonyl (C=O) groups is 1. The third kappa shape index (κ3) is 1.27. The van der Waals surface area contributed by atoms with E-state index in [2.05, 4.69) is 5.16 Å². The Morgan fingerprint density at radius 1 is 1.38 bits per heavy atom. The molecule has 3 rings (SSSR count). The molecule has 16 heavy (non-hydrogen) atoms. The molecule has 1 aromatic heterocycles. The molecule has 2 heterocycles. The van der Waals surface area contributed by atoms with Crippen LogP contribution in [0.1, 0.15) is 5.69 Å². The zero-order chi connectivity index (χ0) is 11.1. The van der Waals surface area contributed by atoms with Crippen LogP contribution in [0.3, 0.4) is 0 Å². The van der Waals surface area contributed by atoms with Crippen LogP contribution in [0.25, 0.3) is 11.0 Å². The van der Waals surface area contributed by atoms with Gasteiger partial charge < -0.3 is 19.1 Å². The Bertz CT molecular complexity index is 574. The van der Waals surface area contributed by atoms with E-state index < -0.39 is 5.97 Å². The number of nitrogens with zero attached hydrogens (tertiary/aromatic N) is 1. The number of fused-ring (bicyclic) bond motifs is 2. The van der Waals surface area contributed by atoms with Gasteiger partial charge in [0, 0.05) is 11.5 Å². The van der Waals surface area contributed by atoms with Crippen molar-refractivity contribution in [3.05, 3.63) is 17.8 Å². The maximum atomic E-state index is 10.6. The smallest absolute Gasteiger partial charge is 0.309 e. The quantitative estimate of drug-likeness (QED) is 0.820. The van der Waals surface area contributed by atoms with E-state index in [0.717, 1.165) is 0 Å². The summed E-state index contributed by atoms with van der Waals surface area (Å²) in [5.74, 6) is 0.223. The standard InChI is InChI=1S/C10H7NO5/c12-10(13)2-6-5-1-8-9(15-4-14-8)3-7(5)16-11-6/h1,3H,2,4H2,(H,12,13). The fourth-order valence-electron chi connectivity index (χ4n) is 1.65. The number of hydrogen-bond donors (Lipinski definition) is 1. The van der Waals surface area contributed by atoms with Crippen LogP contribution in [0.4, 0.5) is 0 Å². The second-order valence-electron chi connectivity index (χ2n) is 3.40. The van der Waals surface area contributed by atoms with Crippen LogP contribution in [0.15, 0.2) is 16.7 Å². The summed E-state index contributed by atoms with van der Waals surface area (Å²) in [5, 5.41) is 13.1. The molecule has 1 N–H and O–H groups in total. The van der Waals surface area contributed by atoms with E-state index in [1.807, 2.05) is 0 Å². The first-order valence-corrected chi connectivity index (χ1v) is 4.64. The van der Waals surface area contributed by atoms with Crippen molar-refractivity contribution in [2.75, 3.05) is 6.79 Å². The molecule has 0 atom stereocenters. The summed E-state index contributed by atoms with van der Waals surface area (Å²) >= 11 is 0. The largest absolute Gasteiger partial charge is 0.481 e. The molecule has 0 radical (unpaired) electrons. The van der Waals surface area contributed by atoms with Gasteiger partial charge >= 0.3 is 5.97 Å². The Morgan fingerprint density at radius 2 is 2.12 bits per heavy atom. The molecule has 0 aliphatic carbocycles. The summed E-state index contributed by atoms with van der Waals surface area (Å²) in [4.78, 5) is 10.6. The summed E-state index contributed by atoms with van der Waals surface area (Å²) in [5.41, 5.74) is 0.890. The molecule has 0 spiro atoms. The van der Waals surface area contributed by atoms with E-state index in [1.165, 1.54) is 0 Å². The van der Waals surface area contributed by atoms with E-state index in [1.54, 1.807) is 12.1 Å². The average molecular weight is 221 g/mol. The van der Waals surface area contributed by atoms with Crippen molar-refractivity contribution in [2.24, 2.45) is 0 Å². The van der Waals surface area contributed by atoms with Crippen LogP contribution in [0.2, 0.25) is 0 Å². The minimum absolute atomic E-state index is 0.170. The summed E-state index contributed by atoms with van der Waals surface area (Å²) < 4.78 is 15.4. The molecule has 82 valence electrons. The van der Waals surface area contributed by atoms with Crippen molar-refractivity contribution in [1.82, 2.24) is 5.16 Å². The van der Waals surface area contributed by atoms with Gasteiger partial charge in [0.1, 0.15) is 5.69 Å². The van der Waals surface area contributed by atoms with Crippen molar-refractivity contribution in [1.29, 1.82) is 0 Å². The lowest BCUT2D eigenvalue weighted by Gasteiger charge is -1.95. The van der Waals surface area contributed by atoms with Gasteiger partial charge in [-0.1, -0.05) is 5.16 Å². The van der Waals surface area contributed by atoms with Gasteiger partial charge in [0.2, 0.25) is 6.79 Å². The molecule has 0 saturated carbocycles.